The molecule has 0 heterocycles. The van der Waals surface area contributed by atoms with Gasteiger partial charge in [0, 0.05) is 11.6 Å². The molecule has 2 aromatic carbocycles. The van der Waals surface area contributed by atoms with Crippen molar-refractivity contribution in [1.29, 1.82) is 0 Å². The lowest BCUT2D eigenvalue weighted by Crippen LogP contribution is -2.16. The molecule has 0 saturated heterocycles. The lowest BCUT2D eigenvalue weighted by atomic mass is 10.0. The molecule has 2 aromatic rings. The number of hydrogen-bond donors (Lipinski definition) is 1. The van der Waals surface area contributed by atoms with Gasteiger partial charge in [-0.25, -0.2) is 17.2 Å². The third-order valence-electron chi connectivity index (χ3n) is 4.97. The van der Waals surface area contributed by atoms with Crippen LogP contribution >= 0.6 is 0 Å². The second kappa shape index (κ2) is 7.84. The first-order valence-electron chi connectivity index (χ1n) is 8.81. The van der Waals surface area contributed by atoms with E-state index in [4.69, 9.17) is 0 Å². The Morgan fingerprint density at radius 3 is 2.38 bits per heavy atom. The molecule has 1 N–H and O–H groups in total. The summed E-state index contributed by atoms with van der Waals surface area (Å²) in [5, 5.41) is 9.70. The number of aliphatic hydroxyl groups excluding tert-OH is 1. The van der Waals surface area contributed by atoms with E-state index in [0.29, 0.717) is 18.4 Å². The standard InChI is InChI=1S/C20H22F2O3S/c21-16-7-11-19(20(22)12-16)15-5-9-18(10-6-15)26(24,25)13-14-2-1-3-17(23)8-4-14/h5-7,9-12,14,17,23H,1-4,8,13H2/t14-,17+/m0/s1. The Hall–Kier alpha value is -1.79. The zero-order valence-electron chi connectivity index (χ0n) is 14.4. The van der Waals surface area contributed by atoms with Crippen LogP contribution in [-0.4, -0.2) is 25.4 Å². The summed E-state index contributed by atoms with van der Waals surface area (Å²) < 4.78 is 52.2. The van der Waals surface area contributed by atoms with Gasteiger partial charge in [-0.1, -0.05) is 18.6 Å². The van der Waals surface area contributed by atoms with Gasteiger partial charge in [0.2, 0.25) is 0 Å². The molecule has 1 saturated carbocycles. The normalized spacial score (nSPS) is 21.3. The Kier molecular flexibility index (Phi) is 5.73. The molecule has 0 spiro atoms. The molecule has 0 aliphatic heterocycles. The molecule has 0 aromatic heterocycles. The molecule has 6 heteroatoms. The summed E-state index contributed by atoms with van der Waals surface area (Å²) in [6.07, 6.45) is 3.39. The molecule has 1 fully saturated rings. The Balaban J connectivity index is 1.76. The quantitative estimate of drug-likeness (QED) is 0.803. The smallest absolute Gasteiger partial charge is 0.178 e. The highest BCUT2D eigenvalue weighted by Crippen LogP contribution is 2.28. The van der Waals surface area contributed by atoms with Gasteiger partial charge in [-0.05, 0) is 61.4 Å². The van der Waals surface area contributed by atoms with E-state index in [1.165, 1.54) is 24.3 Å². The lowest BCUT2D eigenvalue weighted by molar-refractivity contribution is 0.156. The van der Waals surface area contributed by atoms with Crippen molar-refractivity contribution in [2.45, 2.75) is 43.1 Å². The summed E-state index contributed by atoms with van der Waals surface area (Å²) in [5.74, 6) is -1.23. The first-order valence-corrected chi connectivity index (χ1v) is 10.5. The topological polar surface area (TPSA) is 54.4 Å². The first kappa shape index (κ1) is 19.0. The average molecular weight is 380 g/mol. The van der Waals surface area contributed by atoms with Crippen LogP contribution in [0, 0.1) is 17.6 Å². The molecule has 0 amide bonds. The maximum atomic E-state index is 13.9. The minimum Gasteiger partial charge on any atom is -0.393 e. The summed E-state index contributed by atoms with van der Waals surface area (Å²) in [7, 11) is -3.44. The van der Waals surface area contributed by atoms with E-state index in [-0.39, 0.29) is 28.2 Å². The Morgan fingerprint density at radius 1 is 0.962 bits per heavy atom. The number of sulfone groups is 1. The van der Waals surface area contributed by atoms with Crippen LogP contribution in [0.5, 0.6) is 0 Å². The molecule has 1 aliphatic rings. The molecule has 2 atom stereocenters. The van der Waals surface area contributed by atoms with Crippen molar-refractivity contribution in [3.8, 4) is 11.1 Å². The number of hydrogen-bond acceptors (Lipinski definition) is 3. The molecule has 3 nitrogen and oxygen atoms in total. The van der Waals surface area contributed by atoms with Crippen molar-refractivity contribution in [2.24, 2.45) is 5.92 Å². The maximum absolute atomic E-state index is 13.9. The third kappa shape index (κ3) is 4.48. The van der Waals surface area contributed by atoms with E-state index in [0.717, 1.165) is 25.3 Å². The fraction of sp³-hybridized carbons (Fsp3) is 0.400. The summed E-state index contributed by atoms with van der Waals surface area (Å²) >= 11 is 0. The summed E-state index contributed by atoms with van der Waals surface area (Å²) in [4.78, 5) is 0.202. The third-order valence-corrected chi connectivity index (χ3v) is 6.87. The fourth-order valence-electron chi connectivity index (χ4n) is 3.50. The zero-order valence-corrected chi connectivity index (χ0v) is 15.2. The average Bonchev–Trinajstić information content (AvgIpc) is 2.79. The SMILES string of the molecule is O=S(=O)(C[C@H]1CCC[C@@H](O)CC1)c1ccc(-c2ccc(F)cc2F)cc1. The second-order valence-corrected chi connectivity index (χ2v) is 8.99. The van der Waals surface area contributed by atoms with Crippen molar-refractivity contribution in [1.82, 2.24) is 0 Å². The van der Waals surface area contributed by atoms with Gasteiger partial charge in [-0.15, -0.1) is 0 Å². The first-order chi connectivity index (χ1) is 12.3. The number of benzene rings is 2. The lowest BCUT2D eigenvalue weighted by Gasteiger charge is -2.14. The molecule has 26 heavy (non-hydrogen) atoms. The van der Waals surface area contributed by atoms with Crippen LogP contribution in [0.1, 0.15) is 32.1 Å². The molecule has 1 aliphatic carbocycles. The van der Waals surface area contributed by atoms with Crippen molar-refractivity contribution in [3.05, 3.63) is 54.1 Å². The van der Waals surface area contributed by atoms with Gasteiger partial charge in [0.05, 0.1) is 16.8 Å². The highest BCUT2D eigenvalue weighted by atomic mass is 32.2. The monoisotopic (exact) mass is 380 g/mol. The number of rotatable bonds is 4. The van der Waals surface area contributed by atoms with Crippen LogP contribution in [0.3, 0.4) is 0 Å². The van der Waals surface area contributed by atoms with Crippen LogP contribution in [0.15, 0.2) is 47.4 Å². The summed E-state index contributed by atoms with van der Waals surface area (Å²) in [5.41, 5.74) is 0.729. The van der Waals surface area contributed by atoms with Crippen molar-refractivity contribution < 1.29 is 22.3 Å². The minimum absolute atomic E-state index is 0.0476. The van der Waals surface area contributed by atoms with E-state index in [1.54, 1.807) is 12.1 Å². The van der Waals surface area contributed by atoms with Gasteiger partial charge >= 0.3 is 0 Å². The van der Waals surface area contributed by atoms with Crippen molar-refractivity contribution in [2.75, 3.05) is 5.75 Å². The Bertz CT molecular complexity index is 863. The van der Waals surface area contributed by atoms with Gasteiger partial charge in [0.15, 0.2) is 9.84 Å². The molecule has 140 valence electrons. The van der Waals surface area contributed by atoms with Crippen LogP contribution in [0.4, 0.5) is 8.78 Å². The molecule has 3 rings (SSSR count). The zero-order chi connectivity index (χ0) is 18.7. The van der Waals surface area contributed by atoms with Gasteiger partial charge < -0.3 is 5.11 Å². The molecule has 0 bridgehead atoms. The largest absolute Gasteiger partial charge is 0.393 e. The summed E-state index contributed by atoms with van der Waals surface area (Å²) in [6, 6.07) is 9.34. The van der Waals surface area contributed by atoms with E-state index < -0.39 is 21.5 Å². The minimum atomic E-state index is -3.44. The van der Waals surface area contributed by atoms with E-state index in [9.17, 15) is 22.3 Å². The number of halogens is 2. The maximum Gasteiger partial charge on any atom is 0.178 e. The molecular formula is C20H22F2O3S. The van der Waals surface area contributed by atoms with Gasteiger partial charge in [0.1, 0.15) is 11.6 Å². The molecule has 0 radical (unpaired) electrons. The van der Waals surface area contributed by atoms with Crippen LogP contribution in [0.25, 0.3) is 11.1 Å². The second-order valence-electron chi connectivity index (χ2n) is 6.96. The van der Waals surface area contributed by atoms with Gasteiger partial charge in [-0.2, -0.15) is 0 Å². The Labute approximate surface area is 152 Å². The van der Waals surface area contributed by atoms with Crippen LogP contribution in [0.2, 0.25) is 0 Å². The van der Waals surface area contributed by atoms with E-state index in [1.807, 2.05) is 0 Å². The van der Waals surface area contributed by atoms with Crippen LogP contribution in [-0.2, 0) is 9.84 Å². The van der Waals surface area contributed by atoms with Crippen LogP contribution < -0.4 is 0 Å². The fourth-order valence-corrected chi connectivity index (χ4v) is 5.19. The highest BCUT2D eigenvalue weighted by molar-refractivity contribution is 7.91. The van der Waals surface area contributed by atoms with Gasteiger partial charge in [-0.3, -0.25) is 0 Å². The van der Waals surface area contributed by atoms with E-state index in [2.05, 4.69) is 0 Å². The van der Waals surface area contributed by atoms with Crippen molar-refractivity contribution in [3.63, 3.8) is 0 Å². The van der Waals surface area contributed by atoms with Gasteiger partial charge in [0.25, 0.3) is 0 Å². The highest BCUT2D eigenvalue weighted by Gasteiger charge is 2.24. The molecular weight excluding hydrogens is 358 g/mol. The Morgan fingerprint density at radius 2 is 1.69 bits per heavy atom. The number of aliphatic hydroxyl groups is 1. The van der Waals surface area contributed by atoms with E-state index >= 15 is 0 Å². The summed E-state index contributed by atoms with van der Waals surface area (Å²) in [6.45, 7) is 0. The molecule has 0 unspecified atom stereocenters. The predicted octanol–water partition coefficient (Wildman–Crippen LogP) is 4.35. The van der Waals surface area contributed by atoms with Crippen molar-refractivity contribution >= 4 is 9.84 Å². The predicted molar refractivity (Wildman–Crippen MR) is 96.4 cm³/mol.